The van der Waals surface area contributed by atoms with Gasteiger partial charge in [-0.3, -0.25) is 0 Å². The van der Waals surface area contributed by atoms with Crippen molar-refractivity contribution < 1.29 is 17.2 Å². The van der Waals surface area contributed by atoms with Gasteiger partial charge < -0.3 is 5.32 Å². The number of sulfone groups is 1. The van der Waals surface area contributed by atoms with E-state index in [-0.39, 0.29) is 0 Å². The van der Waals surface area contributed by atoms with Crippen molar-refractivity contribution in [1.29, 1.82) is 0 Å². The van der Waals surface area contributed by atoms with Crippen LogP contribution in [0.3, 0.4) is 0 Å². The molecular formula is C11H8BrClF2N2O2S2. The zero-order chi connectivity index (χ0) is 15.6. The number of anilines is 1. The zero-order valence-corrected chi connectivity index (χ0v) is 14.2. The number of alkyl halides is 2. The lowest BCUT2D eigenvalue weighted by atomic mass is 10.3. The molecule has 0 unspecified atom stereocenters. The summed E-state index contributed by atoms with van der Waals surface area (Å²) in [7, 11) is -4.60. The van der Waals surface area contributed by atoms with Crippen LogP contribution in [-0.4, -0.2) is 19.2 Å². The SMILES string of the molecule is O=S(=O)(c1ccc(NCc2cnc(Cl)s2)c(Br)c1)C(F)F. The number of nitrogens with zero attached hydrogens (tertiary/aromatic N) is 1. The minimum absolute atomic E-state index is 0.375. The van der Waals surface area contributed by atoms with Crippen LogP contribution in [0.25, 0.3) is 0 Å². The highest BCUT2D eigenvalue weighted by atomic mass is 79.9. The summed E-state index contributed by atoms with van der Waals surface area (Å²) < 4.78 is 48.5. The average Bonchev–Trinajstić information content (AvgIpc) is 2.82. The summed E-state index contributed by atoms with van der Waals surface area (Å²) in [6, 6.07) is 3.69. The molecule has 0 bridgehead atoms. The predicted octanol–water partition coefficient (Wildman–Crippen LogP) is 4.17. The van der Waals surface area contributed by atoms with Gasteiger partial charge in [0.05, 0.1) is 11.4 Å². The van der Waals surface area contributed by atoms with E-state index in [1.54, 1.807) is 6.20 Å². The van der Waals surface area contributed by atoms with E-state index in [4.69, 9.17) is 11.6 Å². The second-order valence-electron chi connectivity index (χ2n) is 3.88. The largest absolute Gasteiger partial charge is 0.379 e. The Balaban J connectivity index is 2.16. The van der Waals surface area contributed by atoms with Crippen LogP contribution in [0.4, 0.5) is 14.5 Å². The minimum Gasteiger partial charge on any atom is -0.379 e. The van der Waals surface area contributed by atoms with E-state index in [9.17, 15) is 17.2 Å². The van der Waals surface area contributed by atoms with Gasteiger partial charge in [-0.2, -0.15) is 8.78 Å². The molecule has 21 heavy (non-hydrogen) atoms. The summed E-state index contributed by atoms with van der Waals surface area (Å²) in [5.74, 6) is -3.44. The number of benzene rings is 1. The maximum Gasteiger partial charge on any atom is 0.341 e. The molecule has 1 aromatic heterocycles. The van der Waals surface area contributed by atoms with E-state index >= 15 is 0 Å². The Morgan fingerprint density at radius 2 is 2.14 bits per heavy atom. The Hall–Kier alpha value is -0.770. The molecule has 0 spiro atoms. The smallest absolute Gasteiger partial charge is 0.341 e. The topological polar surface area (TPSA) is 59.1 Å². The number of halogens is 4. The van der Waals surface area contributed by atoms with Crippen LogP contribution in [0, 0.1) is 0 Å². The maximum absolute atomic E-state index is 12.5. The zero-order valence-electron chi connectivity index (χ0n) is 10.2. The van der Waals surface area contributed by atoms with Crippen molar-refractivity contribution >= 4 is 54.4 Å². The molecule has 0 atom stereocenters. The van der Waals surface area contributed by atoms with Crippen LogP contribution in [0.1, 0.15) is 4.88 Å². The number of hydrogen-bond acceptors (Lipinski definition) is 5. The van der Waals surface area contributed by atoms with Gasteiger partial charge in [-0.05, 0) is 34.1 Å². The van der Waals surface area contributed by atoms with Gasteiger partial charge in [0, 0.05) is 21.2 Å². The second-order valence-corrected chi connectivity index (χ2v) is 8.35. The van der Waals surface area contributed by atoms with Gasteiger partial charge in [0.15, 0.2) is 4.47 Å². The highest BCUT2D eigenvalue weighted by molar-refractivity contribution is 9.10. The standard InChI is InChI=1S/C11H8BrClF2N2O2S2/c12-8-3-7(21(18,19)11(14)15)1-2-9(8)16-4-6-5-17-10(13)20-6/h1-3,5,11,16H,4H2. The lowest BCUT2D eigenvalue weighted by molar-refractivity contribution is 0.234. The van der Waals surface area contributed by atoms with E-state index in [0.717, 1.165) is 17.0 Å². The molecule has 114 valence electrons. The van der Waals surface area contributed by atoms with E-state index in [1.165, 1.54) is 17.4 Å². The highest BCUT2D eigenvalue weighted by Crippen LogP contribution is 2.29. The molecule has 2 rings (SSSR count). The fraction of sp³-hybridized carbons (Fsp3) is 0.182. The van der Waals surface area contributed by atoms with Crippen molar-refractivity contribution in [1.82, 2.24) is 4.98 Å². The van der Waals surface area contributed by atoms with E-state index in [2.05, 4.69) is 26.2 Å². The van der Waals surface area contributed by atoms with Crippen molar-refractivity contribution in [2.45, 2.75) is 17.2 Å². The van der Waals surface area contributed by atoms with Gasteiger partial charge in [-0.25, -0.2) is 13.4 Å². The third kappa shape index (κ3) is 3.91. The first-order chi connectivity index (χ1) is 9.80. The molecule has 2 aromatic rings. The first-order valence-electron chi connectivity index (χ1n) is 5.46. The third-order valence-electron chi connectivity index (χ3n) is 2.48. The predicted molar refractivity (Wildman–Crippen MR) is 81.8 cm³/mol. The molecule has 1 heterocycles. The van der Waals surface area contributed by atoms with Gasteiger partial charge in [0.2, 0.25) is 9.84 Å². The average molecular weight is 418 g/mol. The van der Waals surface area contributed by atoms with E-state index in [1.807, 2.05) is 0 Å². The van der Waals surface area contributed by atoms with Crippen LogP contribution < -0.4 is 5.32 Å². The van der Waals surface area contributed by atoms with Crippen LogP contribution in [0.15, 0.2) is 33.8 Å². The van der Waals surface area contributed by atoms with Gasteiger partial charge >= 0.3 is 5.76 Å². The fourth-order valence-electron chi connectivity index (χ4n) is 1.47. The Morgan fingerprint density at radius 3 is 2.67 bits per heavy atom. The summed E-state index contributed by atoms with van der Waals surface area (Å²) >= 11 is 10.2. The third-order valence-corrected chi connectivity index (χ3v) is 5.63. The molecule has 0 aliphatic carbocycles. The number of nitrogens with one attached hydrogen (secondary N) is 1. The Bertz CT molecular complexity index is 752. The number of rotatable bonds is 5. The summed E-state index contributed by atoms with van der Waals surface area (Å²) in [6.45, 7) is 0.434. The van der Waals surface area contributed by atoms with Crippen LogP contribution in [-0.2, 0) is 16.4 Å². The van der Waals surface area contributed by atoms with Crippen molar-refractivity contribution in [3.05, 3.63) is 38.2 Å². The van der Waals surface area contributed by atoms with Gasteiger partial charge in [-0.1, -0.05) is 11.6 Å². The molecule has 10 heteroatoms. The summed E-state index contributed by atoms with van der Waals surface area (Å²) in [6.07, 6.45) is 1.61. The van der Waals surface area contributed by atoms with Crippen molar-refractivity contribution in [2.75, 3.05) is 5.32 Å². The molecule has 0 saturated heterocycles. The van der Waals surface area contributed by atoms with Crippen molar-refractivity contribution in [2.24, 2.45) is 0 Å². The summed E-state index contributed by atoms with van der Waals surface area (Å²) in [4.78, 5) is 4.34. The Kier molecular flexibility index (Phi) is 5.18. The molecule has 0 aliphatic rings. The molecule has 0 saturated carbocycles. The van der Waals surface area contributed by atoms with Gasteiger partial charge in [0.25, 0.3) is 0 Å². The minimum atomic E-state index is -4.60. The van der Waals surface area contributed by atoms with E-state index in [0.29, 0.717) is 21.2 Å². The lowest BCUT2D eigenvalue weighted by Crippen LogP contribution is -2.11. The molecule has 4 nitrogen and oxygen atoms in total. The number of thiazole rings is 1. The molecule has 0 radical (unpaired) electrons. The molecule has 1 N–H and O–H groups in total. The lowest BCUT2D eigenvalue weighted by Gasteiger charge is -2.09. The van der Waals surface area contributed by atoms with Crippen LogP contribution >= 0.6 is 38.9 Å². The fourth-order valence-corrected chi connectivity index (χ4v) is 3.80. The summed E-state index contributed by atoms with van der Waals surface area (Å²) in [5, 5.41) is 3.03. The first-order valence-corrected chi connectivity index (χ1v) is 9.00. The Labute approximate surface area is 137 Å². The maximum atomic E-state index is 12.5. The molecular weight excluding hydrogens is 410 g/mol. The van der Waals surface area contributed by atoms with Crippen LogP contribution in [0.2, 0.25) is 4.47 Å². The molecule has 1 aromatic carbocycles. The van der Waals surface area contributed by atoms with E-state index < -0.39 is 20.5 Å². The molecule has 0 amide bonds. The highest BCUT2D eigenvalue weighted by Gasteiger charge is 2.26. The molecule has 0 aliphatic heterocycles. The van der Waals surface area contributed by atoms with Crippen molar-refractivity contribution in [3.63, 3.8) is 0 Å². The monoisotopic (exact) mass is 416 g/mol. The van der Waals surface area contributed by atoms with Crippen LogP contribution in [0.5, 0.6) is 0 Å². The quantitative estimate of drug-likeness (QED) is 0.793. The normalized spacial score (nSPS) is 11.9. The van der Waals surface area contributed by atoms with Gasteiger partial charge in [-0.15, -0.1) is 11.3 Å². The summed E-state index contributed by atoms with van der Waals surface area (Å²) in [5.41, 5.74) is 0.577. The Morgan fingerprint density at radius 1 is 1.43 bits per heavy atom. The second kappa shape index (κ2) is 6.55. The molecule has 0 fully saturated rings. The number of hydrogen-bond donors (Lipinski definition) is 1. The first kappa shape index (κ1) is 16.6. The van der Waals surface area contributed by atoms with Gasteiger partial charge in [0.1, 0.15) is 0 Å². The van der Waals surface area contributed by atoms with Crippen molar-refractivity contribution in [3.8, 4) is 0 Å². The number of aromatic nitrogens is 1.